The molecule has 0 amide bonds. The van der Waals surface area contributed by atoms with Gasteiger partial charge in [-0.3, -0.25) is 0 Å². The van der Waals surface area contributed by atoms with Crippen LogP contribution in [0.3, 0.4) is 0 Å². The molecule has 1 aliphatic rings. The molecule has 1 aliphatic heterocycles. The topological polar surface area (TPSA) is 33.9 Å². The van der Waals surface area contributed by atoms with Crippen molar-refractivity contribution < 1.29 is 14.7 Å². The molecule has 1 aromatic rings. The van der Waals surface area contributed by atoms with Gasteiger partial charge in [0.2, 0.25) is 0 Å². The molecule has 0 saturated carbocycles. The number of aliphatic hydroxyl groups is 1. The van der Waals surface area contributed by atoms with E-state index < -0.39 is 0 Å². The lowest BCUT2D eigenvalue weighted by Crippen LogP contribution is -3.14. The summed E-state index contributed by atoms with van der Waals surface area (Å²) >= 11 is 0. The minimum atomic E-state index is -0.372. The second-order valence-electron chi connectivity index (χ2n) is 6.21. The lowest BCUT2D eigenvalue weighted by atomic mass is 10.1. The van der Waals surface area contributed by atoms with Gasteiger partial charge in [-0.1, -0.05) is 17.7 Å². The predicted molar refractivity (Wildman–Crippen MR) is 81.6 cm³/mol. The fraction of sp³-hybridized carbons (Fsp3) is 0.647. The Balaban J connectivity index is 1.85. The summed E-state index contributed by atoms with van der Waals surface area (Å²) in [5, 5.41) is 10.2. The van der Waals surface area contributed by atoms with Crippen molar-refractivity contribution in [3.8, 4) is 5.75 Å². The minimum absolute atomic E-state index is 0.372. The Kier molecular flexibility index (Phi) is 5.44. The Morgan fingerprint density at radius 2 is 1.70 bits per heavy atom. The quantitative estimate of drug-likeness (QED) is 0.854. The third-order valence-corrected chi connectivity index (χ3v) is 4.11. The number of benzene rings is 1. The first-order valence-electron chi connectivity index (χ1n) is 7.78. The summed E-state index contributed by atoms with van der Waals surface area (Å²) in [7, 11) is 0. The van der Waals surface area contributed by atoms with E-state index in [1.54, 1.807) is 0 Å². The van der Waals surface area contributed by atoms with Gasteiger partial charge in [-0.15, -0.1) is 0 Å². The molecule has 0 aromatic heterocycles. The van der Waals surface area contributed by atoms with Gasteiger partial charge in [0.1, 0.15) is 25.0 Å². The van der Waals surface area contributed by atoms with Crippen LogP contribution in [0.1, 0.15) is 36.0 Å². The summed E-state index contributed by atoms with van der Waals surface area (Å²) in [6.45, 7) is 9.82. The SMILES string of the molecule is Cc1cc(C)c(OC[C@@H](O)C[NH+]2CCCCC2)c(C)c1. The van der Waals surface area contributed by atoms with E-state index in [-0.39, 0.29) is 6.10 Å². The van der Waals surface area contributed by atoms with Crippen molar-refractivity contribution in [3.63, 3.8) is 0 Å². The fourth-order valence-corrected chi connectivity index (χ4v) is 3.22. The highest BCUT2D eigenvalue weighted by Gasteiger charge is 2.18. The molecule has 2 N–H and O–H groups in total. The van der Waals surface area contributed by atoms with Crippen molar-refractivity contribution >= 4 is 0 Å². The van der Waals surface area contributed by atoms with Crippen molar-refractivity contribution in [2.75, 3.05) is 26.2 Å². The standard InChI is InChI=1S/C17H27NO2/c1-13-9-14(2)17(15(3)10-13)20-12-16(19)11-18-7-5-4-6-8-18/h9-10,16,19H,4-8,11-12H2,1-3H3/p+1/t16-/m0/s1. The van der Waals surface area contributed by atoms with E-state index in [0.717, 1.165) is 23.4 Å². The molecule has 1 atom stereocenters. The lowest BCUT2D eigenvalue weighted by molar-refractivity contribution is -0.908. The summed E-state index contributed by atoms with van der Waals surface area (Å²) in [5.41, 5.74) is 3.56. The Hall–Kier alpha value is -1.06. The van der Waals surface area contributed by atoms with E-state index in [9.17, 15) is 5.11 Å². The Morgan fingerprint density at radius 1 is 1.10 bits per heavy atom. The number of hydrogen-bond donors (Lipinski definition) is 2. The van der Waals surface area contributed by atoms with Gasteiger partial charge in [0.25, 0.3) is 0 Å². The first-order chi connectivity index (χ1) is 9.56. The Labute approximate surface area is 122 Å². The lowest BCUT2D eigenvalue weighted by Gasteiger charge is -2.26. The van der Waals surface area contributed by atoms with Gasteiger partial charge in [0.15, 0.2) is 0 Å². The molecule has 112 valence electrons. The van der Waals surface area contributed by atoms with Gasteiger partial charge in [-0.05, 0) is 51.2 Å². The zero-order chi connectivity index (χ0) is 14.5. The molecule has 0 unspecified atom stereocenters. The van der Waals surface area contributed by atoms with Crippen LogP contribution in [0.15, 0.2) is 12.1 Å². The summed E-state index contributed by atoms with van der Waals surface area (Å²) in [5.74, 6) is 0.934. The number of aliphatic hydroxyl groups excluding tert-OH is 1. The fourth-order valence-electron chi connectivity index (χ4n) is 3.22. The minimum Gasteiger partial charge on any atom is -0.490 e. The van der Waals surface area contributed by atoms with E-state index in [1.807, 2.05) is 0 Å². The number of aryl methyl sites for hydroxylation is 3. The van der Waals surface area contributed by atoms with Crippen molar-refractivity contribution in [3.05, 3.63) is 28.8 Å². The van der Waals surface area contributed by atoms with Crippen molar-refractivity contribution in [2.24, 2.45) is 0 Å². The van der Waals surface area contributed by atoms with Crippen LogP contribution in [-0.4, -0.2) is 37.5 Å². The highest BCUT2D eigenvalue weighted by atomic mass is 16.5. The van der Waals surface area contributed by atoms with Crippen molar-refractivity contribution in [2.45, 2.75) is 46.1 Å². The number of ether oxygens (including phenoxy) is 1. The third kappa shape index (κ3) is 4.22. The molecule has 0 bridgehead atoms. The largest absolute Gasteiger partial charge is 0.490 e. The van der Waals surface area contributed by atoms with E-state index in [1.165, 1.54) is 42.8 Å². The highest BCUT2D eigenvalue weighted by molar-refractivity contribution is 5.42. The van der Waals surface area contributed by atoms with Crippen LogP contribution in [0.5, 0.6) is 5.75 Å². The van der Waals surface area contributed by atoms with Gasteiger partial charge >= 0.3 is 0 Å². The van der Waals surface area contributed by atoms with Crippen LogP contribution < -0.4 is 9.64 Å². The van der Waals surface area contributed by atoms with Gasteiger partial charge in [-0.2, -0.15) is 0 Å². The van der Waals surface area contributed by atoms with Crippen LogP contribution in [0.25, 0.3) is 0 Å². The van der Waals surface area contributed by atoms with Crippen LogP contribution >= 0.6 is 0 Å². The number of nitrogens with one attached hydrogen (secondary N) is 1. The molecular weight excluding hydrogens is 250 g/mol. The first-order valence-corrected chi connectivity index (χ1v) is 7.78. The summed E-state index contributed by atoms with van der Waals surface area (Å²) < 4.78 is 5.86. The average molecular weight is 278 g/mol. The molecule has 1 fully saturated rings. The van der Waals surface area contributed by atoms with E-state index >= 15 is 0 Å². The van der Waals surface area contributed by atoms with Gasteiger partial charge in [0.05, 0.1) is 13.1 Å². The second kappa shape index (κ2) is 7.09. The zero-order valence-corrected chi connectivity index (χ0v) is 13.0. The smallest absolute Gasteiger partial charge is 0.137 e. The molecular formula is C17H28NO2+. The normalized spacial score (nSPS) is 18.0. The monoisotopic (exact) mass is 278 g/mol. The molecule has 0 aliphatic carbocycles. The number of quaternary nitrogens is 1. The molecule has 0 spiro atoms. The maximum atomic E-state index is 10.2. The van der Waals surface area contributed by atoms with Gasteiger partial charge in [-0.25, -0.2) is 0 Å². The summed E-state index contributed by atoms with van der Waals surface area (Å²) in [4.78, 5) is 1.52. The Morgan fingerprint density at radius 3 is 2.30 bits per heavy atom. The summed E-state index contributed by atoms with van der Waals surface area (Å²) in [6, 6.07) is 4.26. The maximum absolute atomic E-state index is 10.2. The number of rotatable bonds is 5. The van der Waals surface area contributed by atoms with Crippen molar-refractivity contribution in [1.29, 1.82) is 0 Å². The molecule has 2 rings (SSSR count). The average Bonchev–Trinajstić information content (AvgIpc) is 2.38. The molecule has 0 radical (unpaired) electrons. The van der Waals surface area contributed by atoms with Crippen LogP contribution in [0.2, 0.25) is 0 Å². The molecule has 1 aromatic carbocycles. The van der Waals surface area contributed by atoms with Gasteiger partial charge < -0.3 is 14.7 Å². The third-order valence-electron chi connectivity index (χ3n) is 4.11. The van der Waals surface area contributed by atoms with Crippen LogP contribution in [0, 0.1) is 20.8 Å². The first kappa shape index (κ1) is 15.3. The second-order valence-corrected chi connectivity index (χ2v) is 6.21. The zero-order valence-electron chi connectivity index (χ0n) is 13.0. The highest BCUT2D eigenvalue weighted by Crippen LogP contribution is 2.24. The van der Waals surface area contributed by atoms with Crippen LogP contribution in [0.4, 0.5) is 0 Å². The number of hydrogen-bond acceptors (Lipinski definition) is 2. The Bertz CT molecular complexity index is 416. The van der Waals surface area contributed by atoms with Gasteiger partial charge in [0, 0.05) is 0 Å². The maximum Gasteiger partial charge on any atom is 0.137 e. The number of piperidine rings is 1. The van der Waals surface area contributed by atoms with E-state index in [4.69, 9.17) is 4.74 Å². The van der Waals surface area contributed by atoms with Crippen LogP contribution in [-0.2, 0) is 0 Å². The van der Waals surface area contributed by atoms with E-state index in [2.05, 4.69) is 32.9 Å². The molecule has 3 heteroatoms. The molecule has 1 heterocycles. The molecule has 20 heavy (non-hydrogen) atoms. The predicted octanol–water partition coefficient (Wildman–Crippen LogP) is 1.42. The van der Waals surface area contributed by atoms with E-state index in [0.29, 0.717) is 6.61 Å². The molecule has 1 saturated heterocycles. The number of likely N-dealkylation sites (tertiary alicyclic amines) is 1. The molecule has 3 nitrogen and oxygen atoms in total. The van der Waals surface area contributed by atoms with Crippen molar-refractivity contribution in [1.82, 2.24) is 0 Å². The summed E-state index contributed by atoms with van der Waals surface area (Å²) in [6.07, 6.45) is 3.55.